The fourth-order valence-electron chi connectivity index (χ4n) is 3.55. The number of hydrogen-bond donors (Lipinski definition) is 1. The average molecular weight is 427 g/mol. The first-order valence-electron chi connectivity index (χ1n) is 10.2. The third kappa shape index (κ3) is 7.32. The first kappa shape index (κ1) is 23.1. The van der Waals surface area contributed by atoms with E-state index in [0.717, 1.165) is 29.2 Å². The maximum absolute atomic E-state index is 12.4. The van der Waals surface area contributed by atoms with Crippen LogP contribution in [0, 0.1) is 0 Å². The predicted molar refractivity (Wildman–Crippen MR) is 120 cm³/mol. The van der Waals surface area contributed by atoms with Crippen molar-refractivity contribution in [1.29, 1.82) is 0 Å². The van der Waals surface area contributed by atoms with Crippen LogP contribution >= 0.6 is 11.8 Å². The number of anilines is 1. The molecular formula is C21H34N2O3S2. The van der Waals surface area contributed by atoms with Crippen molar-refractivity contribution in [2.75, 3.05) is 29.4 Å². The van der Waals surface area contributed by atoms with Crippen molar-refractivity contribution in [3.8, 4) is 0 Å². The van der Waals surface area contributed by atoms with Crippen molar-refractivity contribution in [3.05, 3.63) is 29.8 Å². The Hall–Kier alpha value is -1.21. The van der Waals surface area contributed by atoms with Gasteiger partial charge in [0.05, 0.1) is 11.9 Å². The fraction of sp³-hybridized carbons (Fsp3) is 0.667. The Bertz CT molecular complexity index is 729. The van der Waals surface area contributed by atoms with Gasteiger partial charge in [-0.15, -0.1) is 0 Å². The molecule has 1 aromatic rings. The second-order valence-electron chi connectivity index (χ2n) is 7.82. The number of rotatable bonds is 10. The molecule has 28 heavy (non-hydrogen) atoms. The molecule has 0 radical (unpaired) electrons. The molecule has 0 bridgehead atoms. The predicted octanol–water partition coefficient (Wildman–Crippen LogP) is 4.15. The summed E-state index contributed by atoms with van der Waals surface area (Å²) >= 11 is 2.01. The summed E-state index contributed by atoms with van der Waals surface area (Å²) in [6.45, 7) is 4.44. The van der Waals surface area contributed by atoms with Crippen LogP contribution in [0.1, 0.15) is 63.9 Å². The smallest absolute Gasteiger partial charge is 0.240 e. The lowest BCUT2D eigenvalue weighted by molar-refractivity contribution is -0.119. The van der Waals surface area contributed by atoms with E-state index in [1.165, 1.54) is 36.4 Å². The minimum Gasteiger partial charge on any atom is -0.354 e. The molecule has 0 spiro atoms. The molecular weight excluding hydrogens is 392 g/mol. The Morgan fingerprint density at radius 2 is 1.89 bits per heavy atom. The van der Waals surface area contributed by atoms with Crippen molar-refractivity contribution in [2.45, 2.75) is 63.5 Å². The van der Waals surface area contributed by atoms with E-state index in [0.29, 0.717) is 12.2 Å². The van der Waals surface area contributed by atoms with E-state index in [1.807, 2.05) is 37.7 Å². The van der Waals surface area contributed by atoms with Gasteiger partial charge in [0.2, 0.25) is 15.9 Å². The summed E-state index contributed by atoms with van der Waals surface area (Å²) in [5, 5.41) is 3.66. The van der Waals surface area contributed by atoms with Crippen molar-refractivity contribution < 1.29 is 13.2 Å². The third-order valence-corrected chi connectivity index (χ3v) is 7.66. The minimum absolute atomic E-state index is 0.167. The third-order valence-electron chi connectivity index (χ3n) is 5.06. The summed E-state index contributed by atoms with van der Waals surface area (Å²) in [7, 11) is -3.55. The molecule has 1 amide bonds. The number of nitrogens with one attached hydrogen (secondary N) is 1. The van der Waals surface area contributed by atoms with Crippen LogP contribution in [0.2, 0.25) is 0 Å². The lowest BCUT2D eigenvalue weighted by Crippen LogP contribution is -2.41. The van der Waals surface area contributed by atoms with Crippen LogP contribution in [0.4, 0.5) is 5.69 Å². The summed E-state index contributed by atoms with van der Waals surface area (Å²) in [6.07, 6.45) is 8.74. The molecule has 1 saturated carbocycles. The van der Waals surface area contributed by atoms with E-state index in [9.17, 15) is 13.2 Å². The van der Waals surface area contributed by atoms with Gasteiger partial charge in [-0.1, -0.05) is 51.3 Å². The van der Waals surface area contributed by atoms with Gasteiger partial charge in [-0.3, -0.25) is 9.10 Å². The normalized spacial score (nSPS) is 15.6. The van der Waals surface area contributed by atoms with Gasteiger partial charge in [-0.25, -0.2) is 8.42 Å². The van der Waals surface area contributed by atoms with E-state index in [1.54, 1.807) is 12.1 Å². The van der Waals surface area contributed by atoms with E-state index in [2.05, 4.69) is 5.32 Å². The van der Waals surface area contributed by atoms with Crippen LogP contribution in [0.15, 0.2) is 24.3 Å². The molecule has 7 heteroatoms. The number of carbonyl (C=O) groups excluding carboxylic acids is 1. The number of thioether (sulfide) groups is 1. The number of para-hydroxylation sites is 1. The molecule has 1 aliphatic carbocycles. The van der Waals surface area contributed by atoms with Crippen LogP contribution in [0.5, 0.6) is 0 Å². The Morgan fingerprint density at radius 3 is 2.54 bits per heavy atom. The molecule has 0 aromatic heterocycles. The molecule has 1 fully saturated rings. The number of nitrogens with zero attached hydrogens (tertiary/aromatic N) is 1. The van der Waals surface area contributed by atoms with Gasteiger partial charge >= 0.3 is 0 Å². The van der Waals surface area contributed by atoms with Crippen molar-refractivity contribution in [3.63, 3.8) is 0 Å². The minimum atomic E-state index is -3.55. The molecule has 1 aromatic carbocycles. The first-order valence-corrected chi connectivity index (χ1v) is 13.1. The molecule has 0 atom stereocenters. The zero-order chi connectivity index (χ0) is 20.6. The standard InChI is InChI=1S/C21H34N2O3S2/c1-17(2)19-12-7-8-13-20(19)23(28(3,25)26)16-21(24)22-14-9-15-27-18-10-5-4-6-11-18/h7-8,12-13,17-18H,4-6,9-11,14-16H2,1-3H3,(H,22,24). The van der Waals surface area contributed by atoms with Crippen molar-refractivity contribution in [1.82, 2.24) is 5.32 Å². The molecule has 1 aliphatic rings. The van der Waals surface area contributed by atoms with Crippen LogP contribution in [-0.4, -0.2) is 44.7 Å². The Morgan fingerprint density at radius 1 is 1.21 bits per heavy atom. The summed E-state index contributed by atoms with van der Waals surface area (Å²) < 4.78 is 25.9. The topological polar surface area (TPSA) is 66.5 Å². The van der Waals surface area contributed by atoms with E-state index in [-0.39, 0.29) is 18.4 Å². The molecule has 5 nitrogen and oxygen atoms in total. The van der Waals surface area contributed by atoms with Crippen molar-refractivity contribution >= 4 is 33.4 Å². The molecule has 0 aliphatic heterocycles. The highest BCUT2D eigenvalue weighted by atomic mass is 32.2. The number of carbonyl (C=O) groups is 1. The van der Waals surface area contributed by atoms with Gasteiger partial charge in [0, 0.05) is 11.8 Å². The highest BCUT2D eigenvalue weighted by Gasteiger charge is 2.23. The summed E-state index contributed by atoms with van der Waals surface area (Å²) in [5.74, 6) is 0.948. The lowest BCUT2D eigenvalue weighted by Gasteiger charge is -2.25. The van der Waals surface area contributed by atoms with Crippen LogP contribution in [0.3, 0.4) is 0 Å². The maximum atomic E-state index is 12.4. The van der Waals surface area contributed by atoms with Gasteiger partial charge in [-0.05, 0) is 42.6 Å². The number of hydrogen-bond acceptors (Lipinski definition) is 4. The first-order chi connectivity index (χ1) is 13.3. The van der Waals surface area contributed by atoms with Crippen LogP contribution < -0.4 is 9.62 Å². The highest BCUT2D eigenvalue weighted by molar-refractivity contribution is 7.99. The van der Waals surface area contributed by atoms with E-state index in [4.69, 9.17) is 0 Å². The molecule has 0 saturated heterocycles. The van der Waals surface area contributed by atoms with E-state index < -0.39 is 10.0 Å². The SMILES string of the molecule is CC(C)c1ccccc1N(CC(=O)NCCCSC1CCCCC1)S(C)(=O)=O. The molecule has 2 rings (SSSR count). The fourth-order valence-corrected chi connectivity index (χ4v) is 5.74. The summed E-state index contributed by atoms with van der Waals surface area (Å²) in [4.78, 5) is 12.4. The number of benzene rings is 1. The van der Waals surface area contributed by atoms with Crippen LogP contribution in [-0.2, 0) is 14.8 Å². The molecule has 0 unspecified atom stereocenters. The maximum Gasteiger partial charge on any atom is 0.240 e. The quantitative estimate of drug-likeness (QED) is 0.571. The zero-order valence-electron chi connectivity index (χ0n) is 17.3. The Labute approximate surface area is 174 Å². The van der Waals surface area contributed by atoms with Gasteiger partial charge in [0.25, 0.3) is 0 Å². The molecule has 1 N–H and O–H groups in total. The number of amides is 1. The molecule has 0 heterocycles. The summed E-state index contributed by atoms with van der Waals surface area (Å²) in [6, 6.07) is 7.38. The summed E-state index contributed by atoms with van der Waals surface area (Å²) in [5.41, 5.74) is 1.51. The number of sulfonamides is 1. The monoisotopic (exact) mass is 426 g/mol. The van der Waals surface area contributed by atoms with Crippen LogP contribution in [0.25, 0.3) is 0 Å². The lowest BCUT2D eigenvalue weighted by atomic mass is 10.0. The van der Waals surface area contributed by atoms with E-state index >= 15 is 0 Å². The van der Waals surface area contributed by atoms with Crippen molar-refractivity contribution in [2.24, 2.45) is 0 Å². The van der Waals surface area contributed by atoms with Gasteiger partial charge in [0.1, 0.15) is 6.54 Å². The second kappa shape index (κ2) is 11.1. The highest BCUT2D eigenvalue weighted by Crippen LogP contribution is 2.29. The average Bonchev–Trinajstić information content (AvgIpc) is 2.65. The van der Waals surface area contributed by atoms with Gasteiger partial charge < -0.3 is 5.32 Å². The zero-order valence-corrected chi connectivity index (χ0v) is 18.9. The van der Waals surface area contributed by atoms with Gasteiger partial charge in [-0.2, -0.15) is 11.8 Å². The van der Waals surface area contributed by atoms with Gasteiger partial charge in [0.15, 0.2) is 0 Å². The largest absolute Gasteiger partial charge is 0.354 e. The Kier molecular flexibility index (Phi) is 9.15. The second-order valence-corrected chi connectivity index (χ2v) is 11.1. The molecule has 158 valence electrons. The Balaban J connectivity index is 1.86.